The van der Waals surface area contributed by atoms with Crippen LogP contribution in [0.1, 0.15) is 31.2 Å². The van der Waals surface area contributed by atoms with Crippen molar-refractivity contribution in [1.29, 1.82) is 0 Å². The average molecular weight is 583 g/mol. The topological polar surface area (TPSA) is 118 Å². The maximum atomic E-state index is 12.4. The Balaban J connectivity index is 1.51. The second-order valence-electron chi connectivity index (χ2n) is 8.83. The molecule has 7 nitrogen and oxygen atoms in total. The SMILES string of the molecule is CCS(=O)(=O)c1ccc(C(CNc2cc(Cl)c(-c3ccc(S(=O)(=O)C4CC4)cc3)c(Cl)c2)C(=O)O)cc1. The van der Waals surface area contributed by atoms with Crippen LogP contribution in [0.2, 0.25) is 10.0 Å². The minimum atomic E-state index is -3.39. The number of anilines is 1. The second kappa shape index (κ2) is 10.6. The Bertz CT molecular complexity index is 1510. The molecule has 3 aromatic carbocycles. The van der Waals surface area contributed by atoms with E-state index < -0.39 is 31.6 Å². The Morgan fingerprint density at radius 2 is 1.49 bits per heavy atom. The molecule has 11 heteroatoms. The Morgan fingerprint density at radius 3 is 1.97 bits per heavy atom. The van der Waals surface area contributed by atoms with Gasteiger partial charge in [-0.3, -0.25) is 4.79 Å². The first-order chi connectivity index (χ1) is 17.4. The van der Waals surface area contributed by atoms with E-state index in [1.54, 1.807) is 43.3 Å². The summed E-state index contributed by atoms with van der Waals surface area (Å²) in [5.41, 5.74) is 2.14. The number of carboxylic acids is 1. The van der Waals surface area contributed by atoms with Gasteiger partial charge in [-0.05, 0) is 60.4 Å². The smallest absolute Gasteiger partial charge is 0.312 e. The van der Waals surface area contributed by atoms with Gasteiger partial charge in [-0.25, -0.2) is 16.8 Å². The van der Waals surface area contributed by atoms with Crippen molar-refractivity contribution in [2.75, 3.05) is 17.6 Å². The molecule has 0 aliphatic heterocycles. The summed E-state index contributed by atoms with van der Waals surface area (Å²) >= 11 is 13.0. The van der Waals surface area contributed by atoms with Crippen LogP contribution in [-0.4, -0.2) is 45.5 Å². The molecule has 1 aliphatic carbocycles. The third kappa shape index (κ3) is 5.95. The standard InChI is InChI=1S/C26H25Cl2NO6S2/c1-2-36(32,33)19-7-3-16(4-8-19)22(26(30)31)15-29-18-13-23(27)25(24(28)14-18)17-5-9-20(10-6-17)37(34,35)21-11-12-21/h3-10,13-14,21-22,29H,2,11-12,15H2,1H3,(H,30,31). The van der Waals surface area contributed by atoms with E-state index in [-0.39, 0.29) is 27.3 Å². The summed E-state index contributed by atoms with van der Waals surface area (Å²) in [6.07, 6.45) is 1.37. The van der Waals surface area contributed by atoms with Crippen LogP contribution in [0.4, 0.5) is 5.69 Å². The monoisotopic (exact) mass is 581 g/mol. The van der Waals surface area contributed by atoms with Gasteiger partial charge in [0.05, 0.1) is 36.8 Å². The van der Waals surface area contributed by atoms with E-state index in [4.69, 9.17) is 23.2 Å². The van der Waals surface area contributed by atoms with Crippen LogP contribution in [0.25, 0.3) is 11.1 Å². The highest BCUT2D eigenvalue weighted by molar-refractivity contribution is 7.92. The molecule has 1 aliphatic rings. The molecule has 1 unspecified atom stereocenters. The molecule has 196 valence electrons. The van der Waals surface area contributed by atoms with Gasteiger partial charge in [0.2, 0.25) is 0 Å². The maximum absolute atomic E-state index is 12.4. The third-order valence-corrected chi connectivity index (χ3v) is 10.9. The van der Waals surface area contributed by atoms with Gasteiger partial charge in [-0.15, -0.1) is 0 Å². The first kappa shape index (κ1) is 27.4. The molecule has 0 amide bonds. The van der Waals surface area contributed by atoms with Gasteiger partial charge in [-0.2, -0.15) is 0 Å². The zero-order valence-corrected chi connectivity index (χ0v) is 23.0. The van der Waals surface area contributed by atoms with Crippen molar-refractivity contribution in [1.82, 2.24) is 0 Å². The number of hydrogen-bond donors (Lipinski definition) is 2. The molecule has 2 N–H and O–H groups in total. The zero-order chi connectivity index (χ0) is 27.0. The quantitative estimate of drug-likeness (QED) is 0.316. The Kier molecular flexibility index (Phi) is 7.90. The summed E-state index contributed by atoms with van der Waals surface area (Å²) < 4.78 is 48.9. The number of halogens is 2. The summed E-state index contributed by atoms with van der Waals surface area (Å²) in [4.78, 5) is 12.3. The molecule has 0 aromatic heterocycles. The molecule has 0 heterocycles. The average Bonchev–Trinajstić information content (AvgIpc) is 3.71. The summed E-state index contributed by atoms with van der Waals surface area (Å²) in [5.74, 6) is -2.07. The molecule has 0 spiro atoms. The maximum Gasteiger partial charge on any atom is 0.312 e. The molecule has 1 atom stereocenters. The van der Waals surface area contributed by atoms with Gasteiger partial charge < -0.3 is 10.4 Å². The molecule has 0 bridgehead atoms. The highest BCUT2D eigenvalue weighted by atomic mass is 35.5. The molecule has 3 aromatic rings. The van der Waals surface area contributed by atoms with Crippen LogP contribution in [0.3, 0.4) is 0 Å². The predicted octanol–water partition coefficient (Wildman–Crippen LogP) is 5.67. The van der Waals surface area contributed by atoms with Crippen LogP contribution >= 0.6 is 23.2 Å². The van der Waals surface area contributed by atoms with E-state index in [0.717, 1.165) is 0 Å². The molecular formula is C26H25Cl2NO6S2. The lowest BCUT2D eigenvalue weighted by Crippen LogP contribution is -2.21. The highest BCUT2D eigenvalue weighted by Crippen LogP contribution is 2.39. The lowest BCUT2D eigenvalue weighted by Gasteiger charge is -2.17. The fraction of sp³-hybridized carbons (Fsp3) is 0.269. The molecule has 1 fully saturated rings. The molecule has 37 heavy (non-hydrogen) atoms. The number of carbonyl (C=O) groups is 1. The lowest BCUT2D eigenvalue weighted by molar-refractivity contribution is -0.138. The van der Waals surface area contributed by atoms with Gasteiger partial charge >= 0.3 is 5.97 Å². The van der Waals surface area contributed by atoms with E-state index in [9.17, 15) is 26.7 Å². The predicted molar refractivity (Wildman–Crippen MR) is 145 cm³/mol. The third-order valence-electron chi connectivity index (χ3n) is 6.31. The summed E-state index contributed by atoms with van der Waals surface area (Å²) in [6, 6.07) is 15.5. The Labute approximate surface area is 226 Å². The zero-order valence-electron chi connectivity index (χ0n) is 19.8. The minimum absolute atomic E-state index is 0.00886. The van der Waals surface area contributed by atoms with Crippen LogP contribution in [0.5, 0.6) is 0 Å². The van der Waals surface area contributed by atoms with Crippen molar-refractivity contribution in [2.24, 2.45) is 0 Å². The Morgan fingerprint density at radius 1 is 0.946 bits per heavy atom. The van der Waals surface area contributed by atoms with Crippen molar-refractivity contribution in [3.63, 3.8) is 0 Å². The number of hydrogen-bond acceptors (Lipinski definition) is 6. The van der Waals surface area contributed by atoms with Gasteiger partial charge in [0.1, 0.15) is 0 Å². The van der Waals surface area contributed by atoms with Gasteiger partial charge in [0.15, 0.2) is 19.7 Å². The van der Waals surface area contributed by atoms with E-state index >= 15 is 0 Å². The molecule has 0 radical (unpaired) electrons. The van der Waals surface area contributed by atoms with E-state index in [1.165, 1.54) is 24.3 Å². The number of benzene rings is 3. The second-order valence-corrected chi connectivity index (χ2v) is 14.1. The molecule has 4 rings (SSSR count). The van der Waals surface area contributed by atoms with Crippen molar-refractivity contribution in [2.45, 2.75) is 40.7 Å². The molecule has 1 saturated carbocycles. The van der Waals surface area contributed by atoms with E-state index in [1.807, 2.05) is 0 Å². The number of nitrogens with one attached hydrogen (secondary N) is 1. The van der Waals surface area contributed by atoms with E-state index in [2.05, 4.69) is 5.32 Å². The first-order valence-corrected chi connectivity index (χ1v) is 15.5. The van der Waals surface area contributed by atoms with Crippen LogP contribution in [-0.2, 0) is 24.5 Å². The largest absolute Gasteiger partial charge is 0.481 e. The van der Waals surface area contributed by atoms with Crippen LogP contribution in [0, 0.1) is 0 Å². The normalized spacial score (nSPS) is 14.8. The number of sulfone groups is 2. The summed E-state index contributed by atoms with van der Waals surface area (Å²) in [7, 11) is -6.69. The van der Waals surface area contributed by atoms with Gasteiger partial charge in [-0.1, -0.05) is 54.4 Å². The fourth-order valence-electron chi connectivity index (χ4n) is 3.97. The molecule has 0 saturated heterocycles. The highest BCUT2D eigenvalue weighted by Gasteiger charge is 2.36. The number of rotatable bonds is 10. The number of carboxylic acid groups (broad SMARTS) is 1. The van der Waals surface area contributed by atoms with Crippen molar-refractivity contribution in [3.8, 4) is 11.1 Å². The summed E-state index contributed by atoms with van der Waals surface area (Å²) in [6.45, 7) is 1.55. The van der Waals surface area contributed by atoms with E-state index in [0.29, 0.717) is 45.3 Å². The van der Waals surface area contributed by atoms with Crippen molar-refractivity contribution < 1.29 is 26.7 Å². The van der Waals surface area contributed by atoms with Crippen molar-refractivity contribution >= 4 is 54.5 Å². The first-order valence-electron chi connectivity index (χ1n) is 11.6. The van der Waals surface area contributed by atoms with Gasteiger partial charge in [0.25, 0.3) is 0 Å². The molecular weight excluding hydrogens is 557 g/mol. The number of aliphatic carboxylic acids is 1. The van der Waals surface area contributed by atoms with Crippen molar-refractivity contribution in [3.05, 3.63) is 76.3 Å². The lowest BCUT2D eigenvalue weighted by atomic mass is 9.99. The Hall–Kier alpha value is -2.59. The minimum Gasteiger partial charge on any atom is -0.481 e. The van der Waals surface area contributed by atoms with Crippen LogP contribution in [0.15, 0.2) is 70.5 Å². The fourth-order valence-corrected chi connectivity index (χ4v) is 7.22. The van der Waals surface area contributed by atoms with Crippen LogP contribution < -0.4 is 5.32 Å². The summed E-state index contributed by atoms with van der Waals surface area (Å²) in [5, 5.41) is 13.1. The van der Waals surface area contributed by atoms with Gasteiger partial charge in [0, 0.05) is 17.8 Å².